The van der Waals surface area contributed by atoms with Gasteiger partial charge in [0.2, 0.25) is 5.91 Å². The van der Waals surface area contributed by atoms with Crippen LogP contribution in [0.15, 0.2) is 30.5 Å². The molecule has 2 atom stereocenters. The van der Waals surface area contributed by atoms with Crippen LogP contribution in [0.4, 0.5) is 5.82 Å². The number of nitrogens with zero attached hydrogens (tertiary/aromatic N) is 1. The van der Waals surface area contributed by atoms with Crippen molar-refractivity contribution in [2.75, 3.05) is 5.32 Å². The number of aromatic nitrogens is 1. The molecule has 1 N–H and O–H groups in total. The Labute approximate surface area is 136 Å². The Hall–Kier alpha value is -2.10. The molecule has 2 fully saturated rings. The monoisotopic (exact) mass is 310 g/mol. The minimum Gasteiger partial charge on any atom is -0.490 e. The Kier molecular flexibility index (Phi) is 3.68. The molecule has 2 aliphatic rings. The van der Waals surface area contributed by atoms with Gasteiger partial charge in [0.25, 0.3) is 0 Å². The Balaban J connectivity index is 1.51. The average Bonchev–Trinajstić information content (AvgIpc) is 3.32. The molecule has 4 heteroatoms. The lowest BCUT2D eigenvalue weighted by Gasteiger charge is -2.18. The smallest absolute Gasteiger partial charge is 0.228 e. The van der Waals surface area contributed by atoms with Gasteiger partial charge < -0.3 is 10.1 Å². The normalized spacial score (nSPS) is 23.9. The highest BCUT2D eigenvalue weighted by atomic mass is 16.5. The van der Waals surface area contributed by atoms with E-state index in [1.807, 2.05) is 30.5 Å². The van der Waals surface area contributed by atoms with E-state index >= 15 is 0 Å². The van der Waals surface area contributed by atoms with Crippen LogP contribution in [-0.2, 0) is 4.79 Å². The maximum atomic E-state index is 11.8. The highest BCUT2D eigenvalue weighted by Crippen LogP contribution is 2.32. The van der Waals surface area contributed by atoms with Crippen LogP contribution in [0.25, 0.3) is 10.8 Å². The van der Waals surface area contributed by atoms with E-state index in [2.05, 4.69) is 17.2 Å². The third-order valence-corrected chi connectivity index (χ3v) is 4.96. The topological polar surface area (TPSA) is 51.2 Å². The van der Waals surface area contributed by atoms with Gasteiger partial charge in [-0.25, -0.2) is 4.98 Å². The fourth-order valence-corrected chi connectivity index (χ4v) is 3.30. The molecule has 0 saturated heterocycles. The molecule has 23 heavy (non-hydrogen) atoms. The number of benzene rings is 1. The molecule has 0 bridgehead atoms. The van der Waals surface area contributed by atoms with Crippen molar-refractivity contribution in [3.05, 3.63) is 30.5 Å². The van der Waals surface area contributed by atoms with E-state index in [9.17, 15) is 4.79 Å². The van der Waals surface area contributed by atoms with Crippen molar-refractivity contribution in [2.45, 2.75) is 45.1 Å². The van der Waals surface area contributed by atoms with Gasteiger partial charge in [-0.1, -0.05) is 13.0 Å². The molecule has 2 aliphatic carbocycles. The van der Waals surface area contributed by atoms with Gasteiger partial charge in [-0.15, -0.1) is 0 Å². The summed E-state index contributed by atoms with van der Waals surface area (Å²) < 4.78 is 6.13. The van der Waals surface area contributed by atoms with Crippen molar-refractivity contribution >= 4 is 22.5 Å². The van der Waals surface area contributed by atoms with Gasteiger partial charge in [0.1, 0.15) is 17.7 Å². The highest BCUT2D eigenvalue weighted by Gasteiger charge is 2.29. The minimum absolute atomic E-state index is 0.0898. The second-order valence-electron chi connectivity index (χ2n) is 6.91. The zero-order chi connectivity index (χ0) is 15.8. The molecule has 0 radical (unpaired) electrons. The average molecular weight is 310 g/mol. The fourth-order valence-electron chi connectivity index (χ4n) is 3.30. The first-order chi connectivity index (χ1) is 11.2. The maximum absolute atomic E-state index is 11.8. The summed E-state index contributed by atoms with van der Waals surface area (Å²) in [4.78, 5) is 16.2. The van der Waals surface area contributed by atoms with Crippen molar-refractivity contribution in [3.8, 4) is 5.75 Å². The van der Waals surface area contributed by atoms with Crippen molar-refractivity contribution in [1.29, 1.82) is 0 Å². The zero-order valence-electron chi connectivity index (χ0n) is 13.4. The summed E-state index contributed by atoms with van der Waals surface area (Å²) in [6.07, 6.45) is 7.79. The van der Waals surface area contributed by atoms with E-state index < -0.39 is 0 Å². The van der Waals surface area contributed by atoms with Gasteiger partial charge in [-0.3, -0.25) is 4.79 Å². The number of ether oxygens (including phenoxy) is 1. The third kappa shape index (κ3) is 3.16. The fraction of sp³-hybridized carbons (Fsp3) is 0.474. The number of carbonyl (C=O) groups excluding carboxylic acids is 1. The number of anilines is 1. The van der Waals surface area contributed by atoms with Crippen molar-refractivity contribution in [1.82, 2.24) is 4.98 Å². The van der Waals surface area contributed by atoms with Crippen LogP contribution < -0.4 is 10.1 Å². The number of nitrogens with one attached hydrogen (secondary N) is 1. The summed E-state index contributed by atoms with van der Waals surface area (Å²) in [7, 11) is 0. The summed E-state index contributed by atoms with van der Waals surface area (Å²) in [6.45, 7) is 2.26. The van der Waals surface area contributed by atoms with Crippen LogP contribution in [0.1, 0.15) is 39.0 Å². The van der Waals surface area contributed by atoms with E-state index in [4.69, 9.17) is 4.74 Å². The van der Waals surface area contributed by atoms with Gasteiger partial charge in [0, 0.05) is 17.5 Å². The summed E-state index contributed by atoms with van der Waals surface area (Å²) in [5, 5.41) is 5.00. The van der Waals surface area contributed by atoms with Crippen LogP contribution in [0.2, 0.25) is 0 Å². The second-order valence-corrected chi connectivity index (χ2v) is 6.91. The molecule has 0 aliphatic heterocycles. The number of pyridine rings is 1. The Morgan fingerprint density at radius 1 is 1.17 bits per heavy atom. The Morgan fingerprint density at radius 2 is 2.04 bits per heavy atom. The third-order valence-electron chi connectivity index (χ3n) is 4.96. The van der Waals surface area contributed by atoms with Crippen LogP contribution >= 0.6 is 0 Å². The molecule has 2 unspecified atom stereocenters. The van der Waals surface area contributed by atoms with Gasteiger partial charge in [-0.2, -0.15) is 0 Å². The lowest BCUT2D eigenvalue weighted by molar-refractivity contribution is -0.117. The molecule has 1 amide bonds. The van der Waals surface area contributed by atoms with Gasteiger partial charge in [0.15, 0.2) is 0 Å². The molecular formula is C19H22N2O2. The molecule has 1 aromatic heterocycles. The SMILES string of the molecule is CC1CCCC1Oc1ccc2cc(NC(=O)C3CC3)ncc2c1. The second kappa shape index (κ2) is 5.84. The Morgan fingerprint density at radius 3 is 2.78 bits per heavy atom. The lowest BCUT2D eigenvalue weighted by atomic mass is 10.1. The van der Waals surface area contributed by atoms with Crippen LogP contribution in [0, 0.1) is 11.8 Å². The lowest BCUT2D eigenvalue weighted by Crippen LogP contribution is -2.18. The first-order valence-electron chi connectivity index (χ1n) is 8.56. The number of carbonyl (C=O) groups is 1. The Bertz CT molecular complexity index is 739. The van der Waals surface area contributed by atoms with Gasteiger partial charge in [-0.05, 0) is 61.6 Å². The zero-order valence-corrected chi connectivity index (χ0v) is 13.4. The van der Waals surface area contributed by atoms with Crippen molar-refractivity contribution in [3.63, 3.8) is 0 Å². The highest BCUT2D eigenvalue weighted by molar-refractivity contribution is 5.95. The van der Waals surface area contributed by atoms with E-state index in [1.54, 1.807) is 0 Å². The predicted octanol–water partition coefficient (Wildman–Crippen LogP) is 4.15. The number of amides is 1. The van der Waals surface area contributed by atoms with E-state index in [-0.39, 0.29) is 11.8 Å². The summed E-state index contributed by atoms with van der Waals surface area (Å²) in [5.41, 5.74) is 0. The van der Waals surface area contributed by atoms with E-state index in [0.29, 0.717) is 17.8 Å². The minimum atomic E-state index is 0.0898. The van der Waals surface area contributed by atoms with Crippen molar-refractivity contribution in [2.24, 2.45) is 11.8 Å². The van der Waals surface area contributed by atoms with Crippen LogP contribution in [0.3, 0.4) is 0 Å². The van der Waals surface area contributed by atoms with Crippen molar-refractivity contribution < 1.29 is 9.53 Å². The largest absolute Gasteiger partial charge is 0.490 e. The van der Waals surface area contributed by atoms with Gasteiger partial charge >= 0.3 is 0 Å². The predicted molar refractivity (Wildman–Crippen MR) is 90.5 cm³/mol. The van der Waals surface area contributed by atoms with E-state index in [0.717, 1.165) is 35.8 Å². The molecule has 120 valence electrons. The maximum Gasteiger partial charge on any atom is 0.228 e. The summed E-state index contributed by atoms with van der Waals surface area (Å²) in [5.74, 6) is 2.45. The first kappa shape index (κ1) is 14.5. The van der Waals surface area contributed by atoms with Crippen LogP contribution in [-0.4, -0.2) is 17.0 Å². The molecule has 2 saturated carbocycles. The quantitative estimate of drug-likeness (QED) is 0.923. The molecule has 0 spiro atoms. The summed E-state index contributed by atoms with van der Waals surface area (Å²) >= 11 is 0. The molecule has 2 aromatic rings. The standard InChI is InChI=1S/C19H22N2O2/c1-12-3-2-4-17(12)23-16-8-7-14-10-18(20-11-15(14)9-16)21-19(22)13-5-6-13/h7-13,17H,2-6H2,1H3,(H,20,21,22). The molecular weight excluding hydrogens is 288 g/mol. The summed E-state index contributed by atoms with van der Waals surface area (Å²) in [6, 6.07) is 8.02. The number of hydrogen-bond acceptors (Lipinski definition) is 3. The molecule has 4 nitrogen and oxygen atoms in total. The first-order valence-corrected chi connectivity index (χ1v) is 8.56. The molecule has 1 heterocycles. The number of hydrogen-bond donors (Lipinski definition) is 1. The number of rotatable bonds is 4. The van der Waals surface area contributed by atoms with Gasteiger partial charge in [0.05, 0.1) is 0 Å². The van der Waals surface area contributed by atoms with Crippen LogP contribution in [0.5, 0.6) is 5.75 Å². The molecule has 1 aromatic carbocycles. The number of fused-ring (bicyclic) bond motifs is 1. The molecule has 4 rings (SSSR count). The van der Waals surface area contributed by atoms with E-state index in [1.165, 1.54) is 12.8 Å².